The Labute approximate surface area is 105 Å². The van der Waals surface area contributed by atoms with E-state index in [1.54, 1.807) is 38.1 Å². The Kier molecular flexibility index (Phi) is 4.59. The number of Topliss-reactive ketones (excluding diaryl/α,β-unsaturated/α-hetero) is 1. The van der Waals surface area contributed by atoms with Crippen molar-refractivity contribution in [2.24, 2.45) is 5.92 Å². The van der Waals surface area contributed by atoms with E-state index in [1.807, 2.05) is 0 Å². The molecular weight excluding hydrogens is 234 g/mol. The number of carboxylic acids is 1. The summed E-state index contributed by atoms with van der Waals surface area (Å²) in [6.07, 6.45) is -0.621. The van der Waals surface area contributed by atoms with E-state index in [0.29, 0.717) is 11.3 Å². The summed E-state index contributed by atoms with van der Waals surface area (Å²) < 4.78 is 0. The van der Waals surface area contributed by atoms with Gasteiger partial charge in [0, 0.05) is 11.5 Å². The zero-order valence-corrected chi connectivity index (χ0v) is 10.3. The van der Waals surface area contributed by atoms with Gasteiger partial charge < -0.3 is 10.4 Å². The average Bonchev–Trinajstić information content (AvgIpc) is 2.27. The number of hydrogen-bond donors (Lipinski definition) is 2. The molecule has 1 rings (SSSR count). The lowest BCUT2D eigenvalue weighted by molar-refractivity contribution is -0.139. The van der Waals surface area contributed by atoms with E-state index in [9.17, 15) is 14.4 Å². The van der Waals surface area contributed by atoms with Gasteiger partial charge >= 0.3 is 5.97 Å². The van der Waals surface area contributed by atoms with Crippen LogP contribution in [-0.4, -0.2) is 22.8 Å². The third-order valence-electron chi connectivity index (χ3n) is 2.30. The van der Waals surface area contributed by atoms with Crippen LogP contribution in [0.25, 0.3) is 0 Å². The normalized spacial score (nSPS) is 10.2. The minimum atomic E-state index is -1.21. The van der Waals surface area contributed by atoms with Gasteiger partial charge in [-0.1, -0.05) is 26.0 Å². The van der Waals surface area contributed by atoms with Crippen LogP contribution >= 0.6 is 0 Å². The molecule has 96 valence electrons. The van der Waals surface area contributed by atoms with Crippen LogP contribution in [0.3, 0.4) is 0 Å². The van der Waals surface area contributed by atoms with Gasteiger partial charge in [0.05, 0.1) is 5.69 Å². The summed E-state index contributed by atoms with van der Waals surface area (Å²) >= 11 is 0. The van der Waals surface area contributed by atoms with E-state index in [0.717, 1.165) is 0 Å². The number of ketones is 1. The molecule has 0 heterocycles. The number of carbonyl (C=O) groups excluding carboxylic acids is 2. The number of aliphatic carboxylic acids is 1. The van der Waals surface area contributed by atoms with Gasteiger partial charge in [0.2, 0.25) is 5.91 Å². The summed E-state index contributed by atoms with van der Waals surface area (Å²) in [6, 6.07) is 6.56. The molecule has 0 spiro atoms. The number of carboxylic acid groups (broad SMARTS) is 1. The lowest BCUT2D eigenvalue weighted by Crippen LogP contribution is -2.19. The molecule has 1 aromatic carbocycles. The van der Waals surface area contributed by atoms with Crippen LogP contribution in [0.15, 0.2) is 24.3 Å². The summed E-state index contributed by atoms with van der Waals surface area (Å²) in [6.45, 7) is 3.52. The molecule has 0 bridgehead atoms. The van der Waals surface area contributed by atoms with E-state index >= 15 is 0 Å². The van der Waals surface area contributed by atoms with Crippen molar-refractivity contribution in [2.75, 3.05) is 5.32 Å². The molecule has 0 saturated heterocycles. The van der Waals surface area contributed by atoms with Crippen LogP contribution in [0.5, 0.6) is 0 Å². The first-order chi connectivity index (χ1) is 8.41. The maximum atomic E-state index is 11.9. The van der Waals surface area contributed by atoms with Crippen molar-refractivity contribution in [2.45, 2.75) is 20.3 Å². The molecule has 0 aliphatic rings. The molecule has 2 N–H and O–H groups in total. The minimum absolute atomic E-state index is 0.0961. The van der Waals surface area contributed by atoms with Crippen molar-refractivity contribution in [1.29, 1.82) is 0 Å². The van der Waals surface area contributed by atoms with Gasteiger partial charge in [0.15, 0.2) is 5.78 Å². The summed E-state index contributed by atoms with van der Waals surface area (Å²) in [5, 5.41) is 10.9. The monoisotopic (exact) mass is 249 g/mol. The van der Waals surface area contributed by atoms with Gasteiger partial charge in [-0.25, -0.2) is 0 Å². The quantitative estimate of drug-likeness (QED) is 0.617. The first-order valence-electron chi connectivity index (χ1n) is 5.56. The smallest absolute Gasteiger partial charge is 0.312 e. The Balaban J connectivity index is 2.92. The molecular formula is C13H15NO4. The lowest BCUT2D eigenvalue weighted by Gasteiger charge is -2.11. The van der Waals surface area contributed by atoms with Crippen molar-refractivity contribution in [3.63, 3.8) is 0 Å². The van der Waals surface area contributed by atoms with Gasteiger partial charge in [-0.05, 0) is 12.1 Å². The first-order valence-corrected chi connectivity index (χ1v) is 5.56. The molecule has 0 saturated carbocycles. The number of amides is 1. The molecule has 0 fully saturated rings. The van der Waals surface area contributed by atoms with Crippen LogP contribution in [0.1, 0.15) is 30.6 Å². The second-order valence-corrected chi connectivity index (χ2v) is 4.18. The number of rotatable bonds is 5. The third-order valence-corrected chi connectivity index (χ3v) is 2.30. The molecule has 18 heavy (non-hydrogen) atoms. The predicted octanol–water partition coefficient (Wildman–Crippen LogP) is 1.94. The zero-order chi connectivity index (χ0) is 13.7. The molecule has 0 atom stereocenters. The van der Waals surface area contributed by atoms with Crippen molar-refractivity contribution in [1.82, 2.24) is 0 Å². The van der Waals surface area contributed by atoms with Gasteiger partial charge in [-0.2, -0.15) is 0 Å². The number of benzene rings is 1. The standard InChI is InChI=1S/C13H15NO4/c1-8(2)13(18)9-5-3-4-6-10(9)14-11(15)7-12(16)17/h3-6,8H,7H2,1-2H3,(H,14,15)(H,16,17). The number of nitrogens with one attached hydrogen (secondary N) is 1. The van der Waals surface area contributed by atoms with Crippen molar-refractivity contribution in [3.8, 4) is 0 Å². The molecule has 0 aliphatic carbocycles. The average molecular weight is 249 g/mol. The molecule has 0 unspecified atom stereocenters. The predicted molar refractivity (Wildman–Crippen MR) is 66.5 cm³/mol. The van der Waals surface area contributed by atoms with Crippen molar-refractivity contribution in [3.05, 3.63) is 29.8 Å². The maximum Gasteiger partial charge on any atom is 0.312 e. The minimum Gasteiger partial charge on any atom is -0.481 e. The largest absolute Gasteiger partial charge is 0.481 e. The molecule has 5 heteroatoms. The fraction of sp³-hybridized carbons (Fsp3) is 0.308. The summed E-state index contributed by atoms with van der Waals surface area (Å²) in [4.78, 5) is 33.7. The first kappa shape index (κ1) is 13.9. The Bertz CT molecular complexity index is 480. The van der Waals surface area contributed by atoms with E-state index in [1.165, 1.54) is 0 Å². The van der Waals surface area contributed by atoms with Gasteiger partial charge in [-0.15, -0.1) is 0 Å². The molecule has 0 aliphatic heterocycles. The topological polar surface area (TPSA) is 83.5 Å². The Morgan fingerprint density at radius 3 is 2.39 bits per heavy atom. The lowest BCUT2D eigenvalue weighted by atomic mass is 9.99. The Morgan fingerprint density at radius 1 is 1.22 bits per heavy atom. The zero-order valence-electron chi connectivity index (χ0n) is 10.3. The van der Waals surface area contributed by atoms with Crippen LogP contribution in [0.2, 0.25) is 0 Å². The van der Waals surface area contributed by atoms with E-state index in [4.69, 9.17) is 5.11 Å². The molecule has 1 aromatic rings. The highest BCUT2D eigenvalue weighted by Gasteiger charge is 2.16. The number of para-hydroxylation sites is 1. The summed E-state index contributed by atoms with van der Waals surface area (Å²) in [7, 11) is 0. The van der Waals surface area contributed by atoms with Crippen molar-refractivity contribution < 1.29 is 19.5 Å². The second kappa shape index (κ2) is 5.95. The van der Waals surface area contributed by atoms with Gasteiger partial charge in [-0.3, -0.25) is 14.4 Å². The summed E-state index contributed by atoms with van der Waals surface area (Å²) in [5.74, 6) is -2.14. The van der Waals surface area contributed by atoms with Gasteiger partial charge in [0.1, 0.15) is 6.42 Å². The summed E-state index contributed by atoms with van der Waals surface area (Å²) in [5.41, 5.74) is 0.744. The Hall–Kier alpha value is -2.17. The van der Waals surface area contributed by atoms with Crippen LogP contribution in [0, 0.1) is 5.92 Å². The second-order valence-electron chi connectivity index (χ2n) is 4.18. The van der Waals surface area contributed by atoms with Crippen LogP contribution in [-0.2, 0) is 9.59 Å². The van der Waals surface area contributed by atoms with Crippen LogP contribution in [0.4, 0.5) is 5.69 Å². The fourth-order valence-electron chi connectivity index (χ4n) is 1.45. The molecule has 0 aromatic heterocycles. The molecule has 1 amide bonds. The highest BCUT2D eigenvalue weighted by atomic mass is 16.4. The van der Waals surface area contributed by atoms with E-state index in [2.05, 4.69) is 5.32 Å². The van der Waals surface area contributed by atoms with E-state index < -0.39 is 18.3 Å². The third kappa shape index (κ3) is 3.69. The maximum absolute atomic E-state index is 11.9. The van der Waals surface area contributed by atoms with E-state index in [-0.39, 0.29) is 11.7 Å². The fourth-order valence-corrected chi connectivity index (χ4v) is 1.45. The number of hydrogen-bond acceptors (Lipinski definition) is 3. The molecule has 5 nitrogen and oxygen atoms in total. The molecule has 0 radical (unpaired) electrons. The number of anilines is 1. The van der Waals surface area contributed by atoms with Gasteiger partial charge in [0.25, 0.3) is 0 Å². The highest BCUT2D eigenvalue weighted by molar-refractivity contribution is 6.08. The van der Waals surface area contributed by atoms with Crippen molar-refractivity contribution >= 4 is 23.3 Å². The highest BCUT2D eigenvalue weighted by Crippen LogP contribution is 2.19. The Morgan fingerprint density at radius 2 is 1.83 bits per heavy atom. The van der Waals surface area contributed by atoms with Crippen LogP contribution < -0.4 is 5.32 Å². The number of carbonyl (C=O) groups is 3. The SMILES string of the molecule is CC(C)C(=O)c1ccccc1NC(=O)CC(=O)O.